The van der Waals surface area contributed by atoms with Crippen LogP contribution in [-0.4, -0.2) is 27.7 Å². The number of carbonyl (C=O) groups excluding carboxylic acids is 1. The second-order valence-corrected chi connectivity index (χ2v) is 9.52. The van der Waals surface area contributed by atoms with Gasteiger partial charge in [0.05, 0.1) is 4.90 Å². The summed E-state index contributed by atoms with van der Waals surface area (Å²) in [5.74, 6) is 0.462. The smallest absolute Gasteiger partial charge is 0.263 e. The van der Waals surface area contributed by atoms with E-state index >= 15 is 0 Å². The highest BCUT2D eigenvalue weighted by molar-refractivity contribution is 7.96. The van der Waals surface area contributed by atoms with Crippen LogP contribution in [0.4, 0.5) is 0 Å². The molecule has 0 radical (unpaired) electrons. The Bertz CT molecular complexity index is 1490. The maximum absolute atomic E-state index is 13.4. The molecule has 0 aliphatic heterocycles. The molecular formula is C27H24N2O6S2. The van der Waals surface area contributed by atoms with Crippen LogP contribution in [0, 0.1) is 0 Å². The van der Waals surface area contributed by atoms with E-state index in [4.69, 9.17) is 13.2 Å². The van der Waals surface area contributed by atoms with Crippen molar-refractivity contribution in [3.8, 4) is 11.5 Å². The minimum Gasteiger partial charge on any atom is -0.457 e. The first-order valence-electron chi connectivity index (χ1n) is 10.9. The Hall–Kier alpha value is -4.28. The van der Waals surface area contributed by atoms with Gasteiger partial charge >= 0.3 is 0 Å². The first-order valence-corrected chi connectivity index (χ1v) is 13.2. The van der Waals surface area contributed by atoms with Crippen LogP contribution in [-0.2, 0) is 32.7 Å². The number of aromatic nitrogens is 1. The largest absolute Gasteiger partial charge is 0.457 e. The van der Waals surface area contributed by atoms with Gasteiger partial charge < -0.3 is 10.1 Å². The molecule has 0 saturated carbocycles. The molecule has 0 saturated heterocycles. The number of hydrogen-bond acceptors (Lipinski definition) is 7. The Kier molecular flexibility index (Phi) is 10.1. The summed E-state index contributed by atoms with van der Waals surface area (Å²) in [7, 11) is -4.08. The first kappa shape index (κ1) is 27.3. The summed E-state index contributed by atoms with van der Waals surface area (Å²) in [6.45, 7) is 0.144. The zero-order chi connectivity index (χ0) is 26.5. The molecule has 10 heteroatoms. The SMILES string of the molecule is O=C(NCc1cccnc1)C(=Cc1cccc(Oc2ccccc2)c1)S(=O)(=O)c1ccccc1.O=[SH2]=O. The number of rotatable bonds is 8. The highest BCUT2D eigenvalue weighted by Crippen LogP contribution is 2.26. The third kappa shape index (κ3) is 8.13. The topological polar surface area (TPSA) is 119 Å². The minimum atomic E-state index is -4.08. The molecule has 4 aromatic rings. The third-order valence-corrected chi connectivity index (χ3v) is 6.65. The second kappa shape index (κ2) is 13.7. The lowest BCUT2D eigenvalue weighted by atomic mass is 10.2. The standard InChI is InChI=1S/C27H22N2O4S.H2O2S/c30-27(29-20-22-10-8-16-28-19-22)26(34(31,32)25-14-5-2-6-15-25)18-21-9-7-13-24(17-21)33-23-11-3-1-4-12-23;1-3-2/h1-19H,20H2,(H,29,30);3H2. The fraction of sp³-hybridized carbons (Fsp3) is 0.0370. The molecule has 4 rings (SSSR count). The Balaban J connectivity index is 0.00000121. The molecule has 0 bridgehead atoms. The van der Waals surface area contributed by atoms with Gasteiger partial charge in [0.2, 0.25) is 9.84 Å². The van der Waals surface area contributed by atoms with Gasteiger partial charge in [0, 0.05) is 18.9 Å². The summed E-state index contributed by atoms with van der Waals surface area (Å²) in [5.41, 5.74) is 1.27. The molecule has 3 aromatic carbocycles. The average Bonchev–Trinajstić information content (AvgIpc) is 2.93. The zero-order valence-electron chi connectivity index (χ0n) is 19.5. The van der Waals surface area contributed by atoms with Crippen molar-refractivity contribution in [2.45, 2.75) is 11.4 Å². The molecule has 0 spiro atoms. The van der Waals surface area contributed by atoms with Crippen molar-refractivity contribution in [1.82, 2.24) is 10.3 Å². The van der Waals surface area contributed by atoms with E-state index in [0.717, 1.165) is 5.56 Å². The van der Waals surface area contributed by atoms with Gasteiger partial charge in [0.1, 0.15) is 28.0 Å². The van der Waals surface area contributed by atoms with Crippen LogP contribution in [0.2, 0.25) is 0 Å². The maximum Gasteiger partial charge on any atom is 0.263 e. The van der Waals surface area contributed by atoms with Crippen molar-refractivity contribution < 1.29 is 26.4 Å². The van der Waals surface area contributed by atoms with Crippen molar-refractivity contribution in [3.05, 3.63) is 125 Å². The van der Waals surface area contributed by atoms with Gasteiger partial charge in [-0.25, -0.2) is 16.8 Å². The van der Waals surface area contributed by atoms with Crippen molar-refractivity contribution in [1.29, 1.82) is 0 Å². The van der Waals surface area contributed by atoms with Gasteiger partial charge in [0.25, 0.3) is 5.91 Å². The van der Waals surface area contributed by atoms with Crippen LogP contribution >= 0.6 is 0 Å². The van der Waals surface area contributed by atoms with Crippen LogP contribution in [0.5, 0.6) is 11.5 Å². The van der Waals surface area contributed by atoms with E-state index < -0.39 is 27.3 Å². The summed E-state index contributed by atoms with van der Waals surface area (Å²) in [6.07, 6.45) is 4.60. The summed E-state index contributed by atoms with van der Waals surface area (Å²) in [6, 6.07) is 27.6. The predicted octanol–water partition coefficient (Wildman–Crippen LogP) is 3.80. The van der Waals surface area contributed by atoms with Gasteiger partial charge in [-0.1, -0.05) is 54.6 Å². The van der Waals surface area contributed by atoms with Crippen LogP contribution < -0.4 is 10.1 Å². The lowest BCUT2D eigenvalue weighted by molar-refractivity contribution is -0.116. The van der Waals surface area contributed by atoms with E-state index in [2.05, 4.69) is 10.3 Å². The van der Waals surface area contributed by atoms with Crippen molar-refractivity contribution in [3.63, 3.8) is 0 Å². The van der Waals surface area contributed by atoms with Gasteiger partial charge in [0.15, 0.2) is 0 Å². The van der Waals surface area contributed by atoms with Gasteiger partial charge in [-0.2, -0.15) is 0 Å². The van der Waals surface area contributed by atoms with E-state index in [1.54, 1.807) is 67.0 Å². The number of ether oxygens (including phenoxy) is 1. The van der Waals surface area contributed by atoms with E-state index in [-0.39, 0.29) is 16.3 Å². The summed E-state index contributed by atoms with van der Waals surface area (Å²) < 4.78 is 49.4. The van der Waals surface area contributed by atoms with Crippen molar-refractivity contribution in [2.75, 3.05) is 0 Å². The highest BCUT2D eigenvalue weighted by atomic mass is 32.2. The summed E-state index contributed by atoms with van der Waals surface area (Å²) in [5, 5.41) is 2.69. The zero-order valence-corrected chi connectivity index (χ0v) is 21.3. The number of carbonyl (C=O) groups is 1. The Labute approximate surface area is 218 Å². The molecule has 8 nitrogen and oxygen atoms in total. The lowest BCUT2D eigenvalue weighted by Gasteiger charge is -2.11. The minimum absolute atomic E-state index is 0.0365. The molecule has 0 unspecified atom stereocenters. The number of nitrogens with one attached hydrogen (secondary N) is 1. The third-order valence-electron chi connectivity index (χ3n) is 4.88. The number of nitrogens with zero attached hydrogens (tertiary/aromatic N) is 1. The van der Waals surface area contributed by atoms with Crippen molar-refractivity contribution in [2.24, 2.45) is 0 Å². The molecule has 0 aliphatic rings. The summed E-state index contributed by atoms with van der Waals surface area (Å²) in [4.78, 5) is 16.8. The molecule has 1 amide bonds. The van der Waals surface area contributed by atoms with E-state index in [0.29, 0.717) is 17.1 Å². The molecule has 190 valence electrons. The fourth-order valence-corrected chi connectivity index (χ4v) is 4.58. The molecule has 0 fully saturated rings. The van der Waals surface area contributed by atoms with Crippen LogP contribution in [0.3, 0.4) is 0 Å². The normalized spacial score (nSPS) is 11.1. The molecule has 37 heavy (non-hydrogen) atoms. The van der Waals surface area contributed by atoms with E-state index in [1.807, 2.05) is 30.3 Å². The fourth-order valence-electron chi connectivity index (χ4n) is 3.21. The highest BCUT2D eigenvalue weighted by Gasteiger charge is 2.27. The quantitative estimate of drug-likeness (QED) is 0.340. The Morgan fingerprint density at radius 2 is 1.51 bits per heavy atom. The molecular weight excluding hydrogens is 512 g/mol. The van der Waals surface area contributed by atoms with Crippen LogP contribution in [0.1, 0.15) is 11.1 Å². The Morgan fingerprint density at radius 3 is 2.16 bits per heavy atom. The predicted molar refractivity (Wildman–Crippen MR) is 142 cm³/mol. The van der Waals surface area contributed by atoms with E-state index in [9.17, 15) is 13.2 Å². The number of para-hydroxylation sites is 1. The van der Waals surface area contributed by atoms with Crippen molar-refractivity contribution >= 4 is 33.4 Å². The van der Waals surface area contributed by atoms with Gasteiger partial charge in [-0.3, -0.25) is 9.78 Å². The average molecular weight is 537 g/mol. The number of sulfone groups is 1. The summed E-state index contributed by atoms with van der Waals surface area (Å²) >= 11 is -1.42. The lowest BCUT2D eigenvalue weighted by Crippen LogP contribution is -2.28. The maximum atomic E-state index is 13.4. The number of benzene rings is 3. The molecule has 0 aliphatic carbocycles. The van der Waals surface area contributed by atoms with Crippen LogP contribution in [0.15, 0.2) is 119 Å². The number of amides is 1. The monoisotopic (exact) mass is 536 g/mol. The molecule has 0 atom stereocenters. The number of pyridine rings is 1. The van der Waals surface area contributed by atoms with Gasteiger partial charge in [-0.15, -0.1) is 0 Å². The van der Waals surface area contributed by atoms with Gasteiger partial charge in [-0.05, 0) is 59.7 Å². The van der Waals surface area contributed by atoms with Crippen LogP contribution in [0.25, 0.3) is 6.08 Å². The molecule has 1 heterocycles. The second-order valence-electron chi connectivity index (χ2n) is 7.44. The first-order chi connectivity index (χ1) is 17.9. The Morgan fingerprint density at radius 1 is 0.865 bits per heavy atom. The molecule has 1 N–H and O–H groups in total. The number of hydrogen-bond donors (Lipinski definition) is 1. The van der Waals surface area contributed by atoms with E-state index in [1.165, 1.54) is 18.2 Å². The molecule has 1 aromatic heterocycles.